The highest BCUT2D eigenvalue weighted by molar-refractivity contribution is 5.85. The van der Waals surface area contributed by atoms with Crippen LogP contribution in [0.3, 0.4) is 0 Å². The number of hydrogen-bond donors (Lipinski definition) is 1. The van der Waals surface area contributed by atoms with Crippen LogP contribution >= 0.6 is 12.4 Å². The van der Waals surface area contributed by atoms with Crippen molar-refractivity contribution >= 4 is 18.3 Å². The molecule has 0 aliphatic carbocycles. The van der Waals surface area contributed by atoms with Gasteiger partial charge in [0.05, 0.1) is 18.2 Å². The monoisotopic (exact) mass is 347 g/mol. The molecule has 2 aliphatic rings. The summed E-state index contributed by atoms with van der Waals surface area (Å²) >= 11 is 0. The van der Waals surface area contributed by atoms with Crippen molar-refractivity contribution in [1.82, 2.24) is 9.80 Å². The highest BCUT2D eigenvalue weighted by Gasteiger charge is 2.29. The summed E-state index contributed by atoms with van der Waals surface area (Å²) in [5.41, 5.74) is 5.96. The van der Waals surface area contributed by atoms with Gasteiger partial charge in [0.1, 0.15) is 0 Å². The summed E-state index contributed by atoms with van der Waals surface area (Å²) in [7, 11) is 0. The van der Waals surface area contributed by atoms with E-state index in [9.17, 15) is 4.79 Å². The van der Waals surface area contributed by atoms with Gasteiger partial charge in [-0.05, 0) is 39.0 Å². The van der Waals surface area contributed by atoms with Crippen LogP contribution in [-0.2, 0) is 9.53 Å². The van der Waals surface area contributed by atoms with Crippen molar-refractivity contribution in [2.45, 2.75) is 64.7 Å². The van der Waals surface area contributed by atoms with Gasteiger partial charge in [-0.1, -0.05) is 13.3 Å². The number of morpholine rings is 1. The third-order valence-corrected chi connectivity index (χ3v) is 4.85. The fourth-order valence-corrected chi connectivity index (χ4v) is 3.80. The van der Waals surface area contributed by atoms with Crippen LogP contribution in [0.5, 0.6) is 0 Å². The molecule has 23 heavy (non-hydrogen) atoms. The highest BCUT2D eigenvalue weighted by Crippen LogP contribution is 2.21. The number of likely N-dealkylation sites (tertiary alicyclic amines) is 1. The molecule has 0 aromatic rings. The molecule has 2 fully saturated rings. The van der Waals surface area contributed by atoms with Crippen LogP contribution in [-0.4, -0.2) is 66.7 Å². The van der Waals surface area contributed by atoms with Crippen LogP contribution in [0.1, 0.15) is 46.5 Å². The SMILES string of the molecule is CCCC(N)C(=O)N1CCC(CN2CC(C)OC(C)C2)CC1.Cl. The lowest BCUT2D eigenvalue weighted by Gasteiger charge is -2.39. The summed E-state index contributed by atoms with van der Waals surface area (Å²) in [6, 6.07) is -0.303. The van der Waals surface area contributed by atoms with E-state index < -0.39 is 0 Å². The van der Waals surface area contributed by atoms with Gasteiger partial charge in [0.15, 0.2) is 0 Å². The molecule has 3 unspecified atom stereocenters. The maximum absolute atomic E-state index is 12.2. The lowest BCUT2D eigenvalue weighted by atomic mass is 9.95. The van der Waals surface area contributed by atoms with E-state index >= 15 is 0 Å². The third-order valence-electron chi connectivity index (χ3n) is 4.85. The summed E-state index contributed by atoms with van der Waals surface area (Å²) in [5, 5.41) is 0. The molecule has 2 saturated heterocycles. The number of amides is 1. The van der Waals surface area contributed by atoms with Crippen LogP contribution < -0.4 is 5.73 Å². The Labute approximate surface area is 147 Å². The van der Waals surface area contributed by atoms with Crippen molar-refractivity contribution in [2.75, 3.05) is 32.7 Å². The van der Waals surface area contributed by atoms with Crippen molar-refractivity contribution in [3.63, 3.8) is 0 Å². The molecule has 0 saturated carbocycles. The highest BCUT2D eigenvalue weighted by atomic mass is 35.5. The lowest BCUT2D eigenvalue weighted by molar-refractivity contribution is -0.134. The number of nitrogens with two attached hydrogens (primary N) is 1. The Morgan fingerprint density at radius 3 is 2.30 bits per heavy atom. The average Bonchev–Trinajstić information content (AvgIpc) is 2.46. The van der Waals surface area contributed by atoms with Crippen molar-refractivity contribution in [3.8, 4) is 0 Å². The van der Waals surface area contributed by atoms with Gasteiger partial charge >= 0.3 is 0 Å². The van der Waals surface area contributed by atoms with Crippen molar-refractivity contribution in [1.29, 1.82) is 0 Å². The maximum Gasteiger partial charge on any atom is 0.239 e. The predicted octanol–water partition coefficient (Wildman–Crippen LogP) is 1.88. The van der Waals surface area contributed by atoms with Gasteiger partial charge in [0, 0.05) is 32.7 Å². The van der Waals surface area contributed by atoms with E-state index in [1.165, 1.54) is 0 Å². The zero-order valence-electron chi connectivity index (χ0n) is 14.9. The second kappa shape index (κ2) is 9.82. The molecule has 6 heteroatoms. The zero-order valence-corrected chi connectivity index (χ0v) is 15.7. The number of carbonyl (C=O) groups is 1. The molecule has 2 N–H and O–H groups in total. The van der Waals surface area contributed by atoms with Crippen molar-refractivity contribution in [3.05, 3.63) is 0 Å². The second-order valence-electron chi connectivity index (χ2n) is 7.14. The van der Waals surface area contributed by atoms with Gasteiger partial charge in [-0.15, -0.1) is 12.4 Å². The normalized spacial score (nSPS) is 28.3. The minimum absolute atomic E-state index is 0. The van der Waals surface area contributed by atoms with Gasteiger partial charge in [0.2, 0.25) is 5.91 Å². The topological polar surface area (TPSA) is 58.8 Å². The number of hydrogen-bond acceptors (Lipinski definition) is 4. The minimum atomic E-state index is -0.303. The Hall–Kier alpha value is -0.360. The van der Waals surface area contributed by atoms with Gasteiger partial charge < -0.3 is 15.4 Å². The standard InChI is InChI=1S/C17H33N3O2.ClH/c1-4-5-16(18)17(21)20-8-6-15(7-9-20)12-19-10-13(2)22-14(3)11-19;/h13-16H,4-12,18H2,1-3H3;1H. The van der Waals surface area contributed by atoms with E-state index in [-0.39, 0.29) is 24.4 Å². The molecule has 2 rings (SSSR count). The number of rotatable bonds is 5. The predicted molar refractivity (Wildman–Crippen MR) is 95.9 cm³/mol. The van der Waals surface area contributed by atoms with Crippen LogP contribution in [0.25, 0.3) is 0 Å². The van der Waals surface area contributed by atoms with E-state index in [2.05, 4.69) is 25.7 Å². The number of carbonyl (C=O) groups excluding carboxylic acids is 1. The Kier molecular flexibility index (Phi) is 8.83. The Balaban J connectivity index is 0.00000264. The zero-order chi connectivity index (χ0) is 16.1. The van der Waals surface area contributed by atoms with E-state index in [0.717, 1.165) is 58.4 Å². The van der Waals surface area contributed by atoms with Gasteiger partial charge in [-0.25, -0.2) is 0 Å². The molecule has 0 aromatic carbocycles. The fourth-order valence-electron chi connectivity index (χ4n) is 3.80. The number of ether oxygens (including phenoxy) is 1. The molecule has 3 atom stereocenters. The molecule has 2 heterocycles. The fraction of sp³-hybridized carbons (Fsp3) is 0.941. The average molecular weight is 348 g/mol. The molecule has 0 aromatic heterocycles. The largest absolute Gasteiger partial charge is 0.373 e. The summed E-state index contributed by atoms with van der Waals surface area (Å²) in [6.45, 7) is 11.3. The first-order chi connectivity index (χ1) is 10.5. The smallest absolute Gasteiger partial charge is 0.239 e. The maximum atomic E-state index is 12.2. The van der Waals surface area contributed by atoms with Crippen LogP contribution in [0, 0.1) is 5.92 Å². The van der Waals surface area contributed by atoms with E-state index in [0.29, 0.717) is 18.1 Å². The number of halogens is 1. The van der Waals surface area contributed by atoms with E-state index in [1.54, 1.807) is 0 Å². The van der Waals surface area contributed by atoms with E-state index in [4.69, 9.17) is 10.5 Å². The molecule has 5 nitrogen and oxygen atoms in total. The third kappa shape index (κ3) is 6.22. The van der Waals surface area contributed by atoms with Gasteiger partial charge in [0.25, 0.3) is 0 Å². The molecule has 1 amide bonds. The van der Waals surface area contributed by atoms with Gasteiger partial charge in [-0.3, -0.25) is 9.69 Å². The summed E-state index contributed by atoms with van der Waals surface area (Å²) in [4.78, 5) is 16.7. The summed E-state index contributed by atoms with van der Waals surface area (Å²) in [6.07, 6.45) is 4.63. The van der Waals surface area contributed by atoms with Crippen molar-refractivity contribution < 1.29 is 9.53 Å². The molecule has 2 aliphatic heterocycles. The molecule has 0 bridgehead atoms. The number of nitrogens with zero attached hydrogens (tertiary/aromatic N) is 2. The van der Waals surface area contributed by atoms with Gasteiger partial charge in [-0.2, -0.15) is 0 Å². The van der Waals surface area contributed by atoms with Crippen LogP contribution in [0.4, 0.5) is 0 Å². The van der Waals surface area contributed by atoms with Crippen LogP contribution in [0.2, 0.25) is 0 Å². The molecular weight excluding hydrogens is 314 g/mol. The summed E-state index contributed by atoms with van der Waals surface area (Å²) in [5.74, 6) is 0.845. The van der Waals surface area contributed by atoms with Crippen molar-refractivity contribution in [2.24, 2.45) is 11.7 Å². The first-order valence-corrected chi connectivity index (χ1v) is 8.91. The first kappa shape index (κ1) is 20.7. The Bertz CT molecular complexity index is 352. The Morgan fingerprint density at radius 1 is 1.22 bits per heavy atom. The number of piperidine rings is 1. The molecule has 0 spiro atoms. The van der Waals surface area contributed by atoms with E-state index in [1.807, 2.05) is 4.90 Å². The molecular formula is C17H34ClN3O2. The lowest BCUT2D eigenvalue weighted by Crippen LogP contribution is -2.50. The first-order valence-electron chi connectivity index (χ1n) is 8.91. The molecule has 136 valence electrons. The second-order valence-corrected chi connectivity index (χ2v) is 7.14. The molecule has 0 radical (unpaired) electrons. The summed E-state index contributed by atoms with van der Waals surface area (Å²) < 4.78 is 5.79. The minimum Gasteiger partial charge on any atom is -0.373 e. The van der Waals surface area contributed by atoms with Crippen LogP contribution in [0.15, 0.2) is 0 Å². The Morgan fingerprint density at radius 2 is 1.78 bits per heavy atom. The quantitative estimate of drug-likeness (QED) is 0.825.